The summed E-state index contributed by atoms with van der Waals surface area (Å²) in [5.41, 5.74) is 4.31. The lowest BCUT2D eigenvalue weighted by molar-refractivity contribution is -0.121. The first-order valence-electron chi connectivity index (χ1n) is 9.11. The molecule has 5 nitrogen and oxygen atoms in total. The summed E-state index contributed by atoms with van der Waals surface area (Å²) in [5.74, 6) is 0.0231. The van der Waals surface area contributed by atoms with Crippen LogP contribution in [-0.4, -0.2) is 26.8 Å². The standard InChI is InChI=1S/C22H22N4O/c1-17-13-19-7-5-6-10-21(19)25(17)16-22(27)23-12-11-18-14-24-26(15-18)20-8-3-2-4-9-20/h2-10,13-15H,11-12,16H2,1H3,(H,23,27). The first-order valence-corrected chi connectivity index (χ1v) is 9.11. The Labute approximate surface area is 158 Å². The second kappa shape index (κ2) is 7.50. The van der Waals surface area contributed by atoms with Crippen LogP contribution in [0.25, 0.3) is 16.6 Å². The first kappa shape index (κ1) is 17.1. The van der Waals surface area contributed by atoms with Gasteiger partial charge in [0.1, 0.15) is 6.54 Å². The summed E-state index contributed by atoms with van der Waals surface area (Å²) in [7, 11) is 0. The maximum atomic E-state index is 12.4. The van der Waals surface area contributed by atoms with Gasteiger partial charge in [0.2, 0.25) is 5.91 Å². The van der Waals surface area contributed by atoms with Crippen LogP contribution in [-0.2, 0) is 17.8 Å². The van der Waals surface area contributed by atoms with Crippen LogP contribution < -0.4 is 5.32 Å². The third kappa shape index (κ3) is 3.77. The summed E-state index contributed by atoms with van der Waals surface area (Å²) in [5, 5.41) is 8.57. The van der Waals surface area contributed by atoms with Gasteiger partial charge >= 0.3 is 0 Å². The van der Waals surface area contributed by atoms with E-state index in [2.05, 4.69) is 27.1 Å². The van der Waals surface area contributed by atoms with Gasteiger partial charge in [-0.3, -0.25) is 4.79 Å². The van der Waals surface area contributed by atoms with Crippen LogP contribution in [0.2, 0.25) is 0 Å². The van der Waals surface area contributed by atoms with E-state index in [0.717, 1.165) is 34.3 Å². The maximum absolute atomic E-state index is 12.4. The molecule has 4 rings (SSSR count). The Morgan fingerprint density at radius 1 is 1.07 bits per heavy atom. The molecule has 0 fully saturated rings. The van der Waals surface area contributed by atoms with Gasteiger partial charge in [0.25, 0.3) is 0 Å². The number of hydrogen-bond acceptors (Lipinski definition) is 2. The van der Waals surface area contributed by atoms with Crippen molar-refractivity contribution in [3.05, 3.63) is 84.3 Å². The van der Waals surface area contributed by atoms with Gasteiger partial charge in [-0.15, -0.1) is 0 Å². The van der Waals surface area contributed by atoms with Gasteiger partial charge in [-0.25, -0.2) is 4.68 Å². The predicted octanol–water partition coefficient (Wildman–Crippen LogP) is 3.49. The molecule has 0 unspecified atom stereocenters. The molecular weight excluding hydrogens is 336 g/mol. The summed E-state index contributed by atoms with van der Waals surface area (Å²) in [6, 6.07) is 20.2. The van der Waals surface area contributed by atoms with Gasteiger partial charge < -0.3 is 9.88 Å². The van der Waals surface area contributed by atoms with E-state index in [0.29, 0.717) is 13.1 Å². The largest absolute Gasteiger partial charge is 0.354 e. The predicted molar refractivity (Wildman–Crippen MR) is 107 cm³/mol. The van der Waals surface area contributed by atoms with E-state index in [1.54, 1.807) is 0 Å². The van der Waals surface area contributed by atoms with Gasteiger partial charge in [0.05, 0.1) is 11.9 Å². The number of carbonyl (C=O) groups excluding carboxylic acids is 1. The monoisotopic (exact) mass is 358 g/mol. The Morgan fingerprint density at radius 3 is 2.70 bits per heavy atom. The third-order valence-electron chi connectivity index (χ3n) is 4.71. The SMILES string of the molecule is Cc1cc2ccccc2n1CC(=O)NCCc1cnn(-c2ccccc2)c1. The third-order valence-corrected chi connectivity index (χ3v) is 4.71. The van der Waals surface area contributed by atoms with Crippen molar-refractivity contribution < 1.29 is 4.79 Å². The van der Waals surface area contributed by atoms with Crippen molar-refractivity contribution in [2.45, 2.75) is 19.9 Å². The maximum Gasteiger partial charge on any atom is 0.239 e. The van der Waals surface area contributed by atoms with E-state index < -0.39 is 0 Å². The van der Waals surface area contributed by atoms with Crippen LogP contribution in [0, 0.1) is 6.92 Å². The van der Waals surface area contributed by atoms with Gasteiger partial charge in [0, 0.05) is 24.0 Å². The van der Waals surface area contributed by atoms with Gasteiger partial charge in [-0.1, -0.05) is 36.4 Å². The van der Waals surface area contributed by atoms with Crippen molar-refractivity contribution >= 4 is 16.8 Å². The highest BCUT2D eigenvalue weighted by molar-refractivity contribution is 5.84. The summed E-state index contributed by atoms with van der Waals surface area (Å²) in [6.07, 6.45) is 4.61. The van der Waals surface area contributed by atoms with Crippen molar-refractivity contribution in [2.24, 2.45) is 0 Å². The van der Waals surface area contributed by atoms with E-state index in [9.17, 15) is 4.79 Å². The lowest BCUT2D eigenvalue weighted by Crippen LogP contribution is -2.29. The first-order chi connectivity index (χ1) is 13.2. The highest BCUT2D eigenvalue weighted by Crippen LogP contribution is 2.18. The number of hydrogen-bond donors (Lipinski definition) is 1. The van der Waals surface area contributed by atoms with Crippen LogP contribution in [0.5, 0.6) is 0 Å². The number of para-hydroxylation sites is 2. The molecule has 2 aromatic carbocycles. The van der Waals surface area contributed by atoms with Crippen LogP contribution in [0.4, 0.5) is 0 Å². The van der Waals surface area contributed by atoms with E-state index in [4.69, 9.17) is 0 Å². The van der Waals surface area contributed by atoms with Gasteiger partial charge in [-0.05, 0) is 48.6 Å². The summed E-state index contributed by atoms with van der Waals surface area (Å²) in [6.45, 7) is 2.96. The molecule has 0 bridgehead atoms. The van der Waals surface area contributed by atoms with Crippen molar-refractivity contribution in [1.29, 1.82) is 0 Å². The van der Waals surface area contributed by atoms with Crippen LogP contribution in [0.3, 0.4) is 0 Å². The average Bonchev–Trinajstić information content (AvgIpc) is 3.28. The number of benzene rings is 2. The molecule has 0 saturated heterocycles. The lowest BCUT2D eigenvalue weighted by atomic mass is 10.2. The van der Waals surface area contributed by atoms with Crippen molar-refractivity contribution in [1.82, 2.24) is 19.7 Å². The molecule has 0 radical (unpaired) electrons. The zero-order valence-electron chi connectivity index (χ0n) is 15.3. The fraction of sp³-hybridized carbons (Fsp3) is 0.182. The molecule has 1 N–H and O–H groups in total. The molecule has 2 heterocycles. The molecule has 2 aromatic heterocycles. The van der Waals surface area contributed by atoms with E-state index in [-0.39, 0.29) is 5.91 Å². The molecular formula is C22H22N4O. The van der Waals surface area contributed by atoms with Crippen molar-refractivity contribution in [3.63, 3.8) is 0 Å². The Hall–Kier alpha value is -3.34. The quantitative estimate of drug-likeness (QED) is 0.574. The van der Waals surface area contributed by atoms with Crippen LogP contribution >= 0.6 is 0 Å². The summed E-state index contributed by atoms with van der Waals surface area (Å²) < 4.78 is 3.91. The van der Waals surface area contributed by atoms with Gasteiger partial charge in [-0.2, -0.15) is 5.10 Å². The van der Waals surface area contributed by atoms with E-state index in [1.165, 1.54) is 0 Å². The number of nitrogens with zero attached hydrogens (tertiary/aromatic N) is 3. The second-order valence-corrected chi connectivity index (χ2v) is 6.66. The highest BCUT2D eigenvalue weighted by Gasteiger charge is 2.09. The zero-order valence-corrected chi connectivity index (χ0v) is 15.3. The Bertz CT molecular complexity index is 1060. The second-order valence-electron chi connectivity index (χ2n) is 6.66. The molecule has 136 valence electrons. The lowest BCUT2D eigenvalue weighted by Gasteiger charge is -2.09. The molecule has 4 aromatic rings. The van der Waals surface area contributed by atoms with Crippen LogP contribution in [0.15, 0.2) is 73.1 Å². The minimum absolute atomic E-state index is 0.0231. The summed E-state index contributed by atoms with van der Waals surface area (Å²) in [4.78, 5) is 12.4. The Morgan fingerprint density at radius 2 is 1.85 bits per heavy atom. The molecule has 0 spiro atoms. The number of aryl methyl sites for hydroxylation is 1. The number of aromatic nitrogens is 3. The molecule has 5 heteroatoms. The Balaban J connectivity index is 1.33. The minimum Gasteiger partial charge on any atom is -0.354 e. The number of rotatable bonds is 6. The molecule has 0 atom stereocenters. The van der Waals surface area contributed by atoms with Crippen molar-refractivity contribution in [2.75, 3.05) is 6.54 Å². The fourth-order valence-corrected chi connectivity index (χ4v) is 3.32. The fourth-order valence-electron chi connectivity index (χ4n) is 3.32. The minimum atomic E-state index is 0.0231. The smallest absolute Gasteiger partial charge is 0.239 e. The number of fused-ring (bicyclic) bond motifs is 1. The molecule has 0 aliphatic rings. The average molecular weight is 358 g/mol. The number of nitrogens with one attached hydrogen (secondary N) is 1. The normalized spacial score (nSPS) is 11.0. The number of carbonyl (C=O) groups is 1. The highest BCUT2D eigenvalue weighted by atomic mass is 16.1. The zero-order chi connectivity index (χ0) is 18.6. The molecule has 27 heavy (non-hydrogen) atoms. The molecule has 0 aliphatic carbocycles. The van der Waals surface area contributed by atoms with Gasteiger partial charge in [0.15, 0.2) is 0 Å². The van der Waals surface area contributed by atoms with E-state index >= 15 is 0 Å². The van der Waals surface area contributed by atoms with E-state index in [1.807, 2.05) is 72.5 Å². The van der Waals surface area contributed by atoms with Crippen LogP contribution in [0.1, 0.15) is 11.3 Å². The Kier molecular flexibility index (Phi) is 4.75. The molecule has 1 amide bonds. The summed E-state index contributed by atoms with van der Waals surface area (Å²) >= 11 is 0. The number of amides is 1. The van der Waals surface area contributed by atoms with Crippen molar-refractivity contribution in [3.8, 4) is 5.69 Å². The molecule has 0 saturated carbocycles. The topological polar surface area (TPSA) is 51.9 Å². The molecule has 0 aliphatic heterocycles.